The Bertz CT molecular complexity index is 816. The SMILES string of the molecule is COC(=O)c1cc(S(=O)(=O)NCc2ccc(C)cc2)ccc1Cl. The summed E-state index contributed by atoms with van der Waals surface area (Å²) in [6.45, 7) is 2.11. The molecule has 0 aliphatic carbocycles. The van der Waals surface area contributed by atoms with E-state index in [1.165, 1.54) is 25.3 Å². The molecule has 0 heterocycles. The summed E-state index contributed by atoms with van der Waals surface area (Å²) in [5.41, 5.74) is 1.94. The molecule has 0 amide bonds. The molecule has 0 spiro atoms. The first-order valence-corrected chi connectivity index (χ1v) is 8.62. The monoisotopic (exact) mass is 353 g/mol. The number of sulfonamides is 1. The van der Waals surface area contributed by atoms with Gasteiger partial charge in [0.1, 0.15) is 0 Å². The van der Waals surface area contributed by atoms with Crippen molar-refractivity contribution < 1.29 is 17.9 Å². The lowest BCUT2D eigenvalue weighted by Gasteiger charge is -2.09. The van der Waals surface area contributed by atoms with Gasteiger partial charge < -0.3 is 4.74 Å². The highest BCUT2D eigenvalue weighted by Crippen LogP contribution is 2.21. The summed E-state index contributed by atoms with van der Waals surface area (Å²) >= 11 is 5.89. The molecule has 0 aromatic heterocycles. The van der Waals surface area contributed by atoms with Gasteiger partial charge in [-0.2, -0.15) is 0 Å². The minimum absolute atomic E-state index is 0.00683. The van der Waals surface area contributed by atoms with Crippen molar-refractivity contribution in [2.45, 2.75) is 18.4 Å². The maximum atomic E-state index is 12.3. The first-order chi connectivity index (χ1) is 10.8. The van der Waals surface area contributed by atoms with E-state index in [1.54, 1.807) is 0 Å². The van der Waals surface area contributed by atoms with Crippen LogP contribution in [0.2, 0.25) is 5.02 Å². The average Bonchev–Trinajstić information content (AvgIpc) is 2.54. The number of methoxy groups -OCH3 is 1. The predicted octanol–water partition coefficient (Wildman–Crippen LogP) is 2.91. The van der Waals surface area contributed by atoms with Gasteiger partial charge in [-0.25, -0.2) is 17.9 Å². The zero-order valence-electron chi connectivity index (χ0n) is 12.7. The van der Waals surface area contributed by atoms with Crippen LogP contribution in [-0.4, -0.2) is 21.5 Å². The number of esters is 1. The Morgan fingerprint density at radius 3 is 2.43 bits per heavy atom. The van der Waals surface area contributed by atoms with Gasteiger partial charge in [-0.3, -0.25) is 0 Å². The smallest absolute Gasteiger partial charge is 0.339 e. The third kappa shape index (κ3) is 4.31. The third-order valence-electron chi connectivity index (χ3n) is 3.24. The van der Waals surface area contributed by atoms with E-state index in [0.717, 1.165) is 11.1 Å². The van der Waals surface area contributed by atoms with Gasteiger partial charge in [0.25, 0.3) is 0 Å². The lowest BCUT2D eigenvalue weighted by molar-refractivity contribution is 0.0600. The second kappa shape index (κ2) is 7.12. The highest BCUT2D eigenvalue weighted by atomic mass is 35.5. The van der Waals surface area contributed by atoms with Crippen molar-refractivity contribution in [3.8, 4) is 0 Å². The number of benzene rings is 2. The largest absolute Gasteiger partial charge is 0.465 e. The maximum Gasteiger partial charge on any atom is 0.339 e. The molecular weight excluding hydrogens is 338 g/mol. The summed E-state index contributed by atoms with van der Waals surface area (Å²) in [5.74, 6) is -0.689. The highest BCUT2D eigenvalue weighted by Gasteiger charge is 2.19. The molecule has 0 bridgehead atoms. The first kappa shape index (κ1) is 17.5. The number of ether oxygens (including phenoxy) is 1. The van der Waals surface area contributed by atoms with E-state index in [-0.39, 0.29) is 22.0 Å². The molecule has 0 saturated heterocycles. The molecule has 122 valence electrons. The van der Waals surface area contributed by atoms with Crippen LogP contribution in [0.1, 0.15) is 21.5 Å². The van der Waals surface area contributed by atoms with Crippen LogP contribution in [0.15, 0.2) is 47.4 Å². The number of nitrogens with one attached hydrogen (secondary N) is 1. The van der Waals surface area contributed by atoms with Crippen molar-refractivity contribution in [1.82, 2.24) is 4.72 Å². The van der Waals surface area contributed by atoms with Crippen molar-refractivity contribution in [3.05, 3.63) is 64.2 Å². The van der Waals surface area contributed by atoms with Crippen molar-refractivity contribution in [2.24, 2.45) is 0 Å². The summed E-state index contributed by atoms with van der Waals surface area (Å²) in [7, 11) is -2.56. The fraction of sp³-hybridized carbons (Fsp3) is 0.188. The van der Waals surface area contributed by atoms with E-state index in [2.05, 4.69) is 9.46 Å². The topological polar surface area (TPSA) is 72.5 Å². The normalized spacial score (nSPS) is 11.3. The number of hydrogen-bond donors (Lipinski definition) is 1. The number of carbonyl (C=O) groups excluding carboxylic acids is 1. The molecule has 2 aromatic carbocycles. The van der Waals surface area contributed by atoms with E-state index in [4.69, 9.17) is 11.6 Å². The van der Waals surface area contributed by atoms with E-state index in [1.807, 2.05) is 31.2 Å². The Balaban J connectivity index is 2.22. The van der Waals surface area contributed by atoms with Crippen LogP contribution in [0, 0.1) is 6.92 Å². The molecule has 0 fully saturated rings. The third-order valence-corrected chi connectivity index (χ3v) is 4.97. The van der Waals surface area contributed by atoms with Crippen molar-refractivity contribution in [2.75, 3.05) is 7.11 Å². The predicted molar refractivity (Wildman–Crippen MR) is 88.0 cm³/mol. The lowest BCUT2D eigenvalue weighted by atomic mass is 10.2. The minimum atomic E-state index is -3.77. The first-order valence-electron chi connectivity index (χ1n) is 6.76. The van der Waals surface area contributed by atoms with Crippen LogP contribution in [-0.2, 0) is 21.3 Å². The number of halogens is 1. The highest BCUT2D eigenvalue weighted by molar-refractivity contribution is 7.89. The molecule has 0 saturated carbocycles. The van der Waals surface area contributed by atoms with E-state index in [0.29, 0.717) is 0 Å². The molecule has 2 rings (SSSR count). The van der Waals surface area contributed by atoms with Crippen LogP contribution in [0.3, 0.4) is 0 Å². The van der Waals surface area contributed by atoms with Gasteiger partial charge in [-0.05, 0) is 30.7 Å². The Labute approximate surface area is 140 Å². The molecule has 5 nitrogen and oxygen atoms in total. The van der Waals surface area contributed by atoms with Crippen LogP contribution in [0.4, 0.5) is 0 Å². The van der Waals surface area contributed by atoms with Gasteiger partial charge in [0.15, 0.2) is 0 Å². The van der Waals surface area contributed by atoms with E-state index >= 15 is 0 Å². The number of hydrogen-bond acceptors (Lipinski definition) is 4. The van der Waals surface area contributed by atoms with E-state index < -0.39 is 16.0 Å². The molecule has 0 radical (unpaired) electrons. The second-order valence-corrected chi connectivity index (χ2v) is 7.12. The van der Waals surface area contributed by atoms with Crippen LogP contribution in [0.5, 0.6) is 0 Å². The Morgan fingerprint density at radius 2 is 1.83 bits per heavy atom. The fourth-order valence-electron chi connectivity index (χ4n) is 1.91. The van der Waals surface area contributed by atoms with Crippen LogP contribution in [0.25, 0.3) is 0 Å². The number of carbonyl (C=O) groups is 1. The number of aryl methyl sites for hydroxylation is 1. The Hall–Kier alpha value is -1.89. The van der Waals surface area contributed by atoms with Gasteiger partial charge in [-0.1, -0.05) is 41.4 Å². The van der Waals surface area contributed by atoms with Crippen LogP contribution < -0.4 is 4.72 Å². The van der Waals surface area contributed by atoms with Crippen LogP contribution >= 0.6 is 11.6 Å². The van der Waals surface area contributed by atoms with Gasteiger partial charge in [-0.15, -0.1) is 0 Å². The summed E-state index contributed by atoms with van der Waals surface area (Å²) in [6.07, 6.45) is 0. The minimum Gasteiger partial charge on any atom is -0.465 e. The lowest BCUT2D eigenvalue weighted by Crippen LogP contribution is -2.23. The van der Waals surface area contributed by atoms with Gasteiger partial charge in [0.05, 0.1) is 22.6 Å². The molecule has 1 N–H and O–H groups in total. The summed E-state index contributed by atoms with van der Waals surface area (Å²) in [4.78, 5) is 11.6. The van der Waals surface area contributed by atoms with Gasteiger partial charge in [0, 0.05) is 6.54 Å². The summed E-state index contributed by atoms with van der Waals surface area (Å²) in [6, 6.07) is 11.4. The molecule has 0 atom stereocenters. The van der Waals surface area contributed by atoms with Crippen molar-refractivity contribution >= 4 is 27.6 Å². The molecule has 0 unspecified atom stereocenters. The Kier molecular flexibility index (Phi) is 5.41. The summed E-state index contributed by atoms with van der Waals surface area (Å²) < 4.78 is 31.8. The molecule has 7 heteroatoms. The molecule has 23 heavy (non-hydrogen) atoms. The second-order valence-electron chi connectivity index (χ2n) is 4.94. The molecule has 0 aliphatic rings. The van der Waals surface area contributed by atoms with Crippen molar-refractivity contribution in [3.63, 3.8) is 0 Å². The van der Waals surface area contributed by atoms with Crippen molar-refractivity contribution in [1.29, 1.82) is 0 Å². The molecule has 2 aromatic rings. The average molecular weight is 354 g/mol. The Morgan fingerprint density at radius 1 is 1.17 bits per heavy atom. The molecular formula is C16H16ClNO4S. The van der Waals surface area contributed by atoms with Gasteiger partial charge >= 0.3 is 5.97 Å². The zero-order chi connectivity index (χ0) is 17.0. The standard InChI is InChI=1S/C16H16ClNO4S/c1-11-3-5-12(6-4-11)10-18-23(20,21)13-7-8-15(17)14(9-13)16(19)22-2/h3-9,18H,10H2,1-2H3. The quantitative estimate of drug-likeness (QED) is 0.839. The zero-order valence-corrected chi connectivity index (χ0v) is 14.2. The maximum absolute atomic E-state index is 12.3. The van der Waals surface area contributed by atoms with E-state index in [9.17, 15) is 13.2 Å². The molecule has 0 aliphatic heterocycles. The number of rotatable bonds is 5. The summed E-state index contributed by atoms with van der Waals surface area (Å²) in [5, 5.41) is 0.134. The fourth-order valence-corrected chi connectivity index (χ4v) is 3.14. The van der Waals surface area contributed by atoms with Gasteiger partial charge in [0.2, 0.25) is 10.0 Å².